The summed E-state index contributed by atoms with van der Waals surface area (Å²) in [5, 5.41) is 40.9. The number of halogens is 6. The average molecular weight is 1780 g/mol. The maximum atomic E-state index is 13.2. The molecule has 25 nitrogen and oxygen atoms in total. The Bertz CT molecular complexity index is 5230. The first-order valence-electron chi connectivity index (χ1n) is 39.5. The van der Waals surface area contributed by atoms with Gasteiger partial charge in [0.25, 0.3) is 11.8 Å². The highest BCUT2D eigenvalue weighted by molar-refractivity contribution is 7.91. The minimum Gasteiger partial charge on any atom is -0.497 e. The van der Waals surface area contributed by atoms with Crippen molar-refractivity contribution in [2.24, 2.45) is 5.92 Å². The molecule has 4 atom stereocenters. The van der Waals surface area contributed by atoms with E-state index in [4.69, 9.17) is 39.4 Å². The number of hydrogen-bond acceptors (Lipinski definition) is 18. The SMILES string of the molecule is COC(=O)[C@@H](c1ccccc1)N1CCC(c2ccc(NC(=O)c3ccccc3-c3ccc(C(F)(F)F)cc3)cc2)CC1.COC(=O)[C@H](c1ccccc1)N1CCC(c2ccc(NC(=O)c3ccccc3-c3ccc(C(F)(F)F)cc3)cc2)CC1.COc1ccc(S(=O)(=O)C[C@@H](CCC(=O)O)C(=O)O)cc1.COc1ccc(S(=O)(=O)N[C@@H](CCC(=O)O)C(=O)O)cc1. The molecule has 2 aliphatic rings. The first-order valence-corrected chi connectivity index (χ1v) is 42.7. The van der Waals surface area contributed by atoms with Gasteiger partial charge in [-0.1, -0.05) is 146 Å². The van der Waals surface area contributed by atoms with Gasteiger partial charge in [0.1, 0.15) is 29.6 Å². The summed E-state index contributed by atoms with van der Waals surface area (Å²) in [6.45, 7) is 2.99. The predicted molar refractivity (Wildman–Crippen MR) is 457 cm³/mol. The number of esters is 2. The molecule has 0 aromatic heterocycles. The van der Waals surface area contributed by atoms with Gasteiger partial charge < -0.3 is 50.0 Å². The maximum Gasteiger partial charge on any atom is 0.416 e. The molecular formula is C93H93F6N5O20S2. The Morgan fingerprint density at radius 1 is 0.421 bits per heavy atom. The van der Waals surface area contributed by atoms with Crippen molar-refractivity contribution in [2.75, 3.05) is 71.0 Å². The molecule has 33 heteroatoms. The monoisotopic (exact) mass is 1780 g/mol. The third kappa shape index (κ3) is 27.5. The Hall–Kier alpha value is -13.1. The predicted octanol–water partition coefficient (Wildman–Crippen LogP) is 16.8. The van der Waals surface area contributed by atoms with E-state index in [0.29, 0.717) is 68.1 Å². The van der Waals surface area contributed by atoms with Crippen molar-refractivity contribution in [3.05, 3.63) is 299 Å². The van der Waals surface area contributed by atoms with Gasteiger partial charge in [-0.05, 0) is 230 Å². The van der Waals surface area contributed by atoms with Gasteiger partial charge in [0.15, 0.2) is 9.84 Å². The molecule has 0 radical (unpaired) electrons. The number of carboxylic acid groups (broad SMARTS) is 4. The van der Waals surface area contributed by atoms with Crippen LogP contribution in [0.3, 0.4) is 0 Å². The topological polar surface area (TPSA) is 365 Å². The fourth-order valence-corrected chi connectivity index (χ4v) is 17.1. The van der Waals surface area contributed by atoms with E-state index >= 15 is 0 Å². The number of piperidine rings is 2. The van der Waals surface area contributed by atoms with Crippen LogP contribution in [-0.4, -0.2) is 161 Å². The van der Waals surface area contributed by atoms with Gasteiger partial charge in [-0.25, -0.2) is 26.4 Å². The number of ether oxygens (including phenoxy) is 4. The first-order chi connectivity index (χ1) is 60.0. The Balaban J connectivity index is 0.000000200. The van der Waals surface area contributed by atoms with Crippen molar-refractivity contribution >= 4 is 78.9 Å². The molecule has 126 heavy (non-hydrogen) atoms. The summed E-state index contributed by atoms with van der Waals surface area (Å²) in [5.41, 5.74) is 6.81. The summed E-state index contributed by atoms with van der Waals surface area (Å²) in [6, 6.07) is 66.6. The average Bonchev–Trinajstić information content (AvgIpc) is 0.809. The lowest BCUT2D eigenvalue weighted by Crippen LogP contribution is -2.41. The second-order valence-corrected chi connectivity index (χ2v) is 33.0. The lowest BCUT2D eigenvalue weighted by atomic mass is 9.88. The number of hydrogen-bond donors (Lipinski definition) is 7. The number of rotatable bonds is 30. The number of methoxy groups -OCH3 is 4. The van der Waals surface area contributed by atoms with Crippen LogP contribution in [0.4, 0.5) is 37.7 Å². The number of amides is 2. The quantitative estimate of drug-likeness (QED) is 0.0162. The van der Waals surface area contributed by atoms with Crippen LogP contribution in [0.15, 0.2) is 265 Å². The third-order valence-electron chi connectivity index (χ3n) is 21.0. The van der Waals surface area contributed by atoms with Gasteiger partial charge >= 0.3 is 48.2 Å². The smallest absolute Gasteiger partial charge is 0.416 e. The van der Waals surface area contributed by atoms with E-state index in [-0.39, 0.29) is 46.4 Å². The molecule has 0 unspecified atom stereocenters. The van der Waals surface area contributed by atoms with Gasteiger partial charge in [0, 0.05) is 35.3 Å². The molecule has 12 rings (SSSR count). The molecule has 10 aromatic rings. The van der Waals surface area contributed by atoms with Gasteiger partial charge in [-0.2, -0.15) is 31.1 Å². The molecule has 664 valence electrons. The fraction of sp³-hybridized carbons (Fsp3) is 0.269. The number of sulfone groups is 1. The third-order valence-corrected chi connectivity index (χ3v) is 24.4. The van der Waals surface area contributed by atoms with Crippen LogP contribution in [0.2, 0.25) is 0 Å². The molecule has 10 aromatic carbocycles. The largest absolute Gasteiger partial charge is 0.497 e. The molecule has 0 aliphatic carbocycles. The van der Waals surface area contributed by atoms with Crippen molar-refractivity contribution in [3.63, 3.8) is 0 Å². The number of carboxylic acids is 4. The van der Waals surface area contributed by atoms with Crippen LogP contribution < -0.4 is 24.8 Å². The summed E-state index contributed by atoms with van der Waals surface area (Å²) >= 11 is 0. The highest BCUT2D eigenvalue weighted by atomic mass is 32.2. The fourth-order valence-electron chi connectivity index (χ4n) is 14.3. The molecule has 2 aliphatic heterocycles. The van der Waals surface area contributed by atoms with Crippen molar-refractivity contribution in [1.82, 2.24) is 14.5 Å². The van der Waals surface area contributed by atoms with Gasteiger partial charge in [-0.15, -0.1) is 0 Å². The summed E-state index contributed by atoms with van der Waals surface area (Å²) in [6.07, 6.45) is -6.76. The van der Waals surface area contributed by atoms with E-state index < -0.39 is 110 Å². The number of anilines is 2. The zero-order valence-corrected chi connectivity index (χ0v) is 70.3. The van der Waals surface area contributed by atoms with Crippen LogP contribution in [0, 0.1) is 5.92 Å². The van der Waals surface area contributed by atoms with Crippen LogP contribution in [0.25, 0.3) is 22.3 Å². The molecule has 0 bridgehead atoms. The summed E-state index contributed by atoms with van der Waals surface area (Å²) in [7, 11) is -2.17. The molecule has 2 saturated heterocycles. The van der Waals surface area contributed by atoms with E-state index in [9.17, 15) is 81.5 Å². The summed E-state index contributed by atoms with van der Waals surface area (Å²) in [5.74, 6) is -6.67. The molecular weight excluding hydrogens is 1690 g/mol. The molecule has 2 heterocycles. The number of alkyl halides is 6. The van der Waals surface area contributed by atoms with Crippen molar-refractivity contribution < 1.29 is 121 Å². The Kier molecular flexibility index (Phi) is 34.6. The second-order valence-electron chi connectivity index (χ2n) is 29.2. The van der Waals surface area contributed by atoms with Gasteiger partial charge in [0.2, 0.25) is 10.0 Å². The lowest BCUT2D eigenvalue weighted by Gasteiger charge is -2.36. The number of carbonyl (C=O) groups is 8. The number of likely N-dealkylation sites (tertiary alicyclic amines) is 2. The molecule has 7 N–H and O–H groups in total. The van der Waals surface area contributed by atoms with Crippen LogP contribution in [0.5, 0.6) is 11.5 Å². The molecule has 2 fully saturated rings. The Morgan fingerprint density at radius 2 is 0.770 bits per heavy atom. The molecule has 2 amide bonds. The lowest BCUT2D eigenvalue weighted by molar-refractivity contribution is -0.148. The number of benzene rings is 10. The normalized spacial score (nSPS) is 14.3. The molecule has 0 saturated carbocycles. The Labute approximate surface area is 723 Å². The van der Waals surface area contributed by atoms with Crippen molar-refractivity contribution in [2.45, 2.75) is 103 Å². The van der Waals surface area contributed by atoms with E-state index in [1.54, 1.807) is 48.5 Å². The van der Waals surface area contributed by atoms with Crippen LogP contribution in [-0.2, 0) is 70.5 Å². The number of aliphatic carboxylic acids is 4. The van der Waals surface area contributed by atoms with Gasteiger partial charge in [-0.3, -0.25) is 38.6 Å². The highest BCUT2D eigenvalue weighted by Gasteiger charge is 2.37. The zero-order valence-electron chi connectivity index (χ0n) is 68.7. The summed E-state index contributed by atoms with van der Waals surface area (Å²) in [4.78, 5) is 98.7. The van der Waals surface area contributed by atoms with E-state index in [2.05, 4.69) is 20.4 Å². The van der Waals surface area contributed by atoms with E-state index in [1.165, 1.54) is 101 Å². The molecule has 0 spiro atoms. The van der Waals surface area contributed by atoms with Crippen molar-refractivity contribution in [3.8, 4) is 33.8 Å². The second kappa shape index (κ2) is 45.0. The summed E-state index contributed by atoms with van der Waals surface area (Å²) < 4.78 is 148. The Morgan fingerprint density at radius 3 is 1.10 bits per heavy atom. The minimum absolute atomic E-state index is 0.0233. The number of sulfonamides is 1. The van der Waals surface area contributed by atoms with E-state index in [0.717, 1.165) is 98.4 Å². The number of carbonyl (C=O) groups excluding carboxylic acids is 4. The number of nitrogens with one attached hydrogen (secondary N) is 3. The minimum atomic E-state index is -4.42. The number of nitrogens with zero attached hydrogens (tertiary/aromatic N) is 2. The first kappa shape index (κ1) is 96.7. The highest BCUT2D eigenvalue weighted by Crippen LogP contribution is 2.39. The standard InChI is InChI=1S/2C34H31F3N2O3.C13H16O7S.C12H15NO7S/c2*1-42-33(41)31(26-7-3-2-4-8-26)39-21-19-24(20-22-39)23-13-17-28(18-14-23)38-32(40)30-10-6-5-9-29(30)25-11-15-27(16-12-25)34(35,36)37;1-20-10-3-5-11(6-4-10)21(18,19)8-9(13(16)17)2-7-12(14)15;1-20-8-2-4-9(5-3-8)21(18,19)13-10(12(16)17)6-7-11(14)15/h2*2-18,24,31H,19-22H2,1H3,(H,38,40);3-6,9H,2,7-8H2,1H3,(H,14,15)(H,16,17);2-5,10,13H,6-7H2,1H3,(H,14,15)(H,16,17)/t2*31-;9-;10-/m1010/s1. The zero-order chi connectivity index (χ0) is 91.5. The van der Waals surface area contributed by atoms with Crippen molar-refractivity contribution in [1.29, 1.82) is 0 Å². The van der Waals surface area contributed by atoms with Crippen LogP contribution >= 0.6 is 0 Å². The van der Waals surface area contributed by atoms with Gasteiger partial charge in [0.05, 0.1) is 61.0 Å². The van der Waals surface area contributed by atoms with E-state index in [1.807, 2.05) is 114 Å². The van der Waals surface area contributed by atoms with Crippen LogP contribution in [0.1, 0.15) is 129 Å². The maximum absolute atomic E-state index is 13.2.